The minimum Gasteiger partial charge on any atom is -0.376 e. The molecule has 0 radical (unpaired) electrons. The van der Waals surface area contributed by atoms with Crippen LogP contribution in [0.15, 0.2) is 0 Å². The van der Waals surface area contributed by atoms with E-state index in [9.17, 15) is 10.1 Å². The maximum absolute atomic E-state index is 11.2. The van der Waals surface area contributed by atoms with Gasteiger partial charge in [0.05, 0.1) is 11.0 Å². The maximum Gasteiger partial charge on any atom is 0.332 e. The van der Waals surface area contributed by atoms with Gasteiger partial charge < -0.3 is 9.64 Å². The highest BCUT2D eigenvalue weighted by Crippen LogP contribution is 2.29. The summed E-state index contributed by atoms with van der Waals surface area (Å²) >= 11 is 0. The van der Waals surface area contributed by atoms with Crippen molar-refractivity contribution >= 4 is 17.5 Å². The van der Waals surface area contributed by atoms with Crippen molar-refractivity contribution in [3.05, 3.63) is 15.8 Å². The molecule has 1 unspecified atom stereocenters. The molecule has 9 heteroatoms. The number of hydrazine groups is 1. The number of nitrogens with zero attached hydrogens (tertiary/aromatic N) is 4. The summed E-state index contributed by atoms with van der Waals surface area (Å²) in [7, 11) is 1.75. The molecule has 1 aromatic rings. The number of hydrogen-bond acceptors (Lipinski definition) is 8. The number of aryl methyl sites for hydroxylation is 1. The van der Waals surface area contributed by atoms with Crippen LogP contribution >= 0.6 is 0 Å². The highest BCUT2D eigenvalue weighted by atomic mass is 16.6. The number of nitro groups is 1. The van der Waals surface area contributed by atoms with Crippen molar-refractivity contribution in [3.8, 4) is 0 Å². The Morgan fingerprint density at radius 1 is 1.60 bits per heavy atom. The third kappa shape index (κ3) is 2.94. The van der Waals surface area contributed by atoms with E-state index in [2.05, 4.69) is 15.4 Å². The molecule has 0 aliphatic carbocycles. The number of nitrogen functional groups attached to an aromatic ring is 1. The number of ether oxygens (including phenoxy) is 1. The zero-order chi connectivity index (χ0) is 14.7. The van der Waals surface area contributed by atoms with Crippen molar-refractivity contribution in [2.24, 2.45) is 5.84 Å². The van der Waals surface area contributed by atoms with Crippen LogP contribution in [0.1, 0.15) is 18.5 Å². The van der Waals surface area contributed by atoms with Gasteiger partial charge in [0.15, 0.2) is 0 Å². The van der Waals surface area contributed by atoms with E-state index in [1.165, 1.54) is 0 Å². The van der Waals surface area contributed by atoms with Gasteiger partial charge in [-0.3, -0.25) is 15.5 Å². The minimum absolute atomic E-state index is 0.0733. The van der Waals surface area contributed by atoms with E-state index in [-0.39, 0.29) is 29.3 Å². The zero-order valence-electron chi connectivity index (χ0n) is 11.5. The van der Waals surface area contributed by atoms with E-state index in [1.807, 2.05) is 0 Å². The maximum atomic E-state index is 11.2. The van der Waals surface area contributed by atoms with Crippen LogP contribution in [-0.2, 0) is 4.74 Å². The van der Waals surface area contributed by atoms with Crippen LogP contribution < -0.4 is 16.2 Å². The fourth-order valence-electron chi connectivity index (χ4n) is 2.28. The first-order valence-electron chi connectivity index (χ1n) is 6.35. The predicted octanol–water partition coefficient (Wildman–Crippen LogP) is 0.594. The molecule has 0 saturated carbocycles. The number of anilines is 2. The lowest BCUT2D eigenvalue weighted by atomic mass is 10.2. The highest BCUT2D eigenvalue weighted by Gasteiger charge is 2.27. The van der Waals surface area contributed by atoms with Gasteiger partial charge >= 0.3 is 5.69 Å². The fraction of sp³-hybridized carbons (Fsp3) is 0.636. The normalized spacial score (nSPS) is 18.1. The average molecular weight is 282 g/mol. The van der Waals surface area contributed by atoms with Gasteiger partial charge in [-0.15, -0.1) is 0 Å². The Balaban J connectivity index is 2.31. The number of nitrogens with one attached hydrogen (secondary N) is 1. The molecule has 1 atom stereocenters. The Labute approximate surface area is 116 Å². The molecule has 0 amide bonds. The molecule has 2 rings (SSSR count). The second kappa shape index (κ2) is 5.97. The SMILES string of the molecule is Cc1nc(NN)nc(N(C)CC2CCCO2)c1[N+](=O)[O-]. The Morgan fingerprint density at radius 2 is 2.35 bits per heavy atom. The predicted molar refractivity (Wildman–Crippen MR) is 73.5 cm³/mol. The summed E-state index contributed by atoms with van der Waals surface area (Å²) in [6, 6.07) is 0. The van der Waals surface area contributed by atoms with Crippen LogP contribution in [0, 0.1) is 17.0 Å². The van der Waals surface area contributed by atoms with Gasteiger partial charge in [0.1, 0.15) is 5.69 Å². The standard InChI is InChI=1S/C11H18N6O3/c1-7-9(17(18)19)10(14-11(13-7)15-12)16(2)6-8-4-3-5-20-8/h8H,3-6,12H2,1-2H3,(H,13,14,15). The second-order valence-corrected chi connectivity index (χ2v) is 4.72. The summed E-state index contributed by atoms with van der Waals surface area (Å²) in [4.78, 5) is 20.5. The lowest BCUT2D eigenvalue weighted by Crippen LogP contribution is -2.30. The summed E-state index contributed by atoms with van der Waals surface area (Å²) in [5.74, 6) is 5.69. The number of rotatable bonds is 5. The van der Waals surface area contributed by atoms with E-state index in [0.29, 0.717) is 6.54 Å². The third-order valence-corrected chi connectivity index (χ3v) is 3.21. The van der Waals surface area contributed by atoms with Gasteiger partial charge in [-0.2, -0.15) is 4.98 Å². The Kier molecular flexibility index (Phi) is 4.30. The van der Waals surface area contributed by atoms with Crippen LogP contribution in [0.5, 0.6) is 0 Å². The van der Waals surface area contributed by atoms with Gasteiger partial charge in [0.25, 0.3) is 0 Å². The van der Waals surface area contributed by atoms with E-state index in [1.54, 1.807) is 18.9 Å². The molecule has 1 saturated heterocycles. The van der Waals surface area contributed by atoms with Crippen molar-refractivity contribution in [1.82, 2.24) is 9.97 Å². The first-order valence-corrected chi connectivity index (χ1v) is 6.35. The van der Waals surface area contributed by atoms with E-state index < -0.39 is 4.92 Å². The molecule has 2 heterocycles. The largest absolute Gasteiger partial charge is 0.376 e. The molecule has 0 spiro atoms. The van der Waals surface area contributed by atoms with E-state index >= 15 is 0 Å². The summed E-state index contributed by atoms with van der Waals surface area (Å²) < 4.78 is 5.54. The molecule has 3 N–H and O–H groups in total. The molecular formula is C11H18N6O3. The average Bonchev–Trinajstić information content (AvgIpc) is 2.89. The number of aromatic nitrogens is 2. The molecule has 1 aliphatic rings. The quantitative estimate of drug-likeness (QED) is 0.457. The Bertz CT molecular complexity index is 503. The van der Waals surface area contributed by atoms with Crippen molar-refractivity contribution in [2.45, 2.75) is 25.9 Å². The molecule has 20 heavy (non-hydrogen) atoms. The molecule has 1 fully saturated rings. The number of hydrogen-bond donors (Lipinski definition) is 2. The smallest absolute Gasteiger partial charge is 0.332 e. The van der Waals surface area contributed by atoms with Crippen molar-refractivity contribution in [1.29, 1.82) is 0 Å². The van der Waals surface area contributed by atoms with Gasteiger partial charge in [0, 0.05) is 20.2 Å². The van der Waals surface area contributed by atoms with Crippen LogP contribution in [0.2, 0.25) is 0 Å². The lowest BCUT2D eigenvalue weighted by Gasteiger charge is -2.22. The molecule has 0 bridgehead atoms. The van der Waals surface area contributed by atoms with Crippen LogP contribution in [0.3, 0.4) is 0 Å². The lowest BCUT2D eigenvalue weighted by molar-refractivity contribution is -0.385. The van der Waals surface area contributed by atoms with E-state index in [4.69, 9.17) is 10.6 Å². The first kappa shape index (κ1) is 14.4. The van der Waals surface area contributed by atoms with Crippen molar-refractivity contribution < 1.29 is 9.66 Å². The molecular weight excluding hydrogens is 264 g/mol. The summed E-state index contributed by atoms with van der Waals surface area (Å²) in [5.41, 5.74) is 2.48. The summed E-state index contributed by atoms with van der Waals surface area (Å²) in [6.07, 6.45) is 2.03. The molecule has 1 aliphatic heterocycles. The Morgan fingerprint density at radius 3 is 2.90 bits per heavy atom. The minimum atomic E-state index is -0.475. The van der Waals surface area contributed by atoms with Gasteiger partial charge in [-0.25, -0.2) is 10.8 Å². The fourth-order valence-corrected chi connectivity index (χ4v) is 2.28. The number of likely N-dealkylation sites (N-methyl/N-ethyl adjacent to an activating group) is 1. The van der Waals surface area contributed by atoms with Crippen molar-refractivity contribution in [3.63, 3.8) is 0 Å². The van der Waals surface area contributed by atoms with Crippen LogP contribution in [0.25, 0.3) is 0 Å². The topological polar surface area (TPSA) is 119 Å². The summed E-state index contributed by atoms with van der Waals surface area (Å²) in [5, 5.41) is 11.2. The molecule has 110 valence electrons. The molecule has 0 aromatic carbocycles. The van der Waals surface area contributed by atoms with Gasteiger partial charge in [-0.05, 0) is 19.8 Å². The van der Waals surface area contributed by atoms with Gasteiger partial charge in [0.2, 0.25) is 11.8 Å². The zero-order valence-corrected chi connectivity index (χ0v) is 11.5. The molecule has 9 nitrogen and oxygen atoms in total. The van der Waals surface area contributed by atoms with E-state index in [0.717, 1.165) is 19.4 Å². The second-order valence-electron chi connectivity index (χ2n) is 4.72. The monoisotopic (exact) mass is 282 g/mol. The highest BCUT2D eigenvalue weighted by molar-refractivity contribution is 5.62. The Hall–Kier alpha value is -2.00. The number of nitrogens with two attached hydrogens (primary N) is 1. The molecule has 1 aromatic heterocycles. The van der Waals surface area contributed by atoms with Crippen molar-refractivity contribution in [2.75, 3.05) is 30.5 Å². The first-order chi connectivity index (χ1) is 9.52. The van der Waals surface area contributed by atoms with Crippen LogP contribution in [0.4, 0.5) is 17.5 Å². The third-order valence-electron chi connectivity index (χ3n) is 3.21. The van der Waals surface area contributed by atoms with Gasteiger partial charge in [-0.1, -0.05) is 0 Å². The summed E-state index contributed by atoms with van der Waals surface area (Å²) in [6.45, 7) is 2.84. The van der Waals surface area contributed by atoms with Crippen LogP contribution in [-0.4, -0.2) is 41.2 Å².